The molecule has 0 bridgehead atoms. The highest BCUT2D eigenvalue weighted by molar-refractivity contribution is 6.15. The van der Waals surface area contributed by atoms with Gasteiger partial charge in [0.1, 0.15) is 5.54 Å². The SMILES string of the molecule is CCc1cccc2c1NC(=O)C21NC(C(C)O)[C@H]2C(=O)N(Cc3ccc4c(c3)OCO4)C(=O)[C@H]21. The number of hydrogen-bond acceptors (Lipinski definition) is 7. The Kier molecular flexibility index (Phi) is 4.53. The molecule has 3 N–H and O–H groups in total. The summed E-state index contributed by atoms with van der Waals surface area (Å²) >= 11 is 0. The van der Waals surface area contributed by atoms with Crippen LogP contribution in [0.1, 0.15) is 30.5 Å². The fraction of sp³-hybridized carbons (Fsp3) is 0.400. The summed E-state index contributed by atoms with van der Waals surface area (Å²) in [6.45, 7) is 3.74. The number of nitrogens with zero attached hydrogens (tertiary/aromatic N) is 1. The molecule has 3 unspecified atom stereocenters. The highest BCUT2D eigenvalue weighted by atomic mass is 16.7. The number of likely N-dealkylation sites (tertiary alicyclic amines) is 1. The summed E-state index contributed by atoms with van der Waals surface area (Å²) in [7, 11) is 0. The molecule has 5 atom stereocenters. The maximum atomic E-state index is 13.8. The van der Waals surface area contributed by atoms with Gasteiger partial charge in [-0.1, -0.05) is 31.2 Å². The Morgan fingerprint density at radius 3 is 2.71 bits per heavy atom. The van der Waals surface area contributed by atoms with E-state index in [0.717, 1.165) is 5.56 Å². The van der Waals surface area contributed by atoms with Crippen LogP contribution in [0.15, 0.2) is 36.4 Å². The highest BCUT2D eigenvalue weighted by Gasteiger charge is 2.71. The zero-order chi connectivity index (χ0) is 23.8. The second-order valence-electron chi connectivity index (χ2n) is 9.32. The second kappa shape index (κ2) is 7.28. The number of aryl methyl sites for hydroxylation is 1. The van der Waals surface area contributed by atoms with E-state index in [-0.39, 0.29) is 19.2 Å². The van der Waals surface area contributed by atoms with Crippen molar-refractivity contribution in [3.8, 4) is 11.5 Å². The minimum atomic E-state index is -1.41. The molecule has 176 valence electrons. The highest BCUT2D eigenvalue weighted by Crippen LogP contribution is 2.54. The summed E-state index contributed by atoms with van der Waals surface area (Å²) in [5.41, 5.74) is 1.59. The Morgan fingerprint density at radius 1 is 1.15 bits per heavy atom. The lowest BCUT2D eigenvalue weighted by atomic mass is 9.76. The van der Waals surface area contributed by atoms with Crippen molar-refractivity contribution < 1.29 is 29.0 Å². The van der Waals surface area contributed by atoms with Crippen LogP contribution in [0.3, 0.4) is 0 Å². The van der Waals surface area contributed by atoms with Crippen LogP contribution in [0, 0.1) is 11.8 Å². The van der Waals surface area contributed by atoms with Crippen LogP contribution >= 0.6 is 0 Å². The number of nitrogens with one attached hydrogen (secondary N) is 2. The molecule has 4 aliphatic rings. The average Bonchev–Trinajstić information content (AvgIpc) is 3.55. The van der Waals surface area contributed by atoms with Gasteiger partial charge in [-0.2, -0.15) is 0 Å². The molecular weight excluding hydrogens is 438 g/mol. The lowest BCUT2D eigenvalue weighted by Crippen LogP contribution is -2.54. The summed E-state index contributed by atoms with van der Waals surface area (Å²) in [5.74, 6) is -1.82. The van der Waals surface area contributed by atoms with Crippen molar-refractivity contribution in [1.29, 1.82) is 0 Å². The lowest BCUT2D eigenvalue weighted by Gasteiger charge is -2.30. The summed E-state index contributed by atoms with van der Waals surface area (Å²) < 4.78 is 10.8. The van der Waals surface area contributed by atoms with Gasteiger partial charge in [-0.3, -0.25) is 24.6 Å². The molecule has 2 aromatic carbocycles. The average molecular weight is 463 g/mol. The van der Waals surface area contributed by atoms with E-state index in [1.165, 1.54) is 4.90 Å². The quantitative estimate of drug-likeness (QED) is 0.585. The lowest BCUT2D eigenvalue weighted by molar-refractivity contribution is -0.143. The number of carbonyl (C=O) groups excluding carboxylic acids is 3. The van der Waals surface area contributed by atoms with Crippen LogP contribution in [0.2, 0.25) is 0 Å². The zero-order valence-electron chi connectivity index (χ0n) is 18.8. The van der Waals surface area contributed by atoms with Gasteiger partial charge in [0, 0.05) is 17.3 Å². The predicted molar refractivity (Wildman–Crippen MR) is 120 cm³/mol. The number of amides is 3. The van der Waals surface area contributed by atoms with Crippen molar-refractivity contribution in [3.63, 3.8) is 0 Å². The Hall–Kier alpha value is -3.43. The van der Waals surface area contributed by atoms with E-state index >= 15 is 0 Å². The van der Waals surface area contributed by atoms with Crippen molar-refractivity contribution in [2.24, 2.45) is 11.8 Å². The summed E-state index contributed by atoms with van der Waals surface area (Å²) in [4.78, 5) is 42.1. The van der Waals surface area contributed by atoms with E-state index in [0.29, 0.717) is 34.7 Å². The number of ether oxygens (including phenoxy) is 2. The van der Waals surface area contributed by atoms with E-state index < -0.39 is 41.3 Å². The van der Waals surface area contributed by atoms with Gasteiger partial charge < -0.3 is 19.9 Å². The smallest absolute Gasteiger partial charge is 0.250 e. The monoisotopic (exact) mass is 463 g/mol. The molecule has 3 amide bonds. The molecule has 2 saturated heterocycles. The van der Waals surface area contributed by atoms with Gasteiger partial charge in [-0.05, 0) is 36.6 Å². The van der Waals surface area contributed by atoms with Crippen LogP contribution in [0.25, 0.3) is 0 Å². The minimum absolute atomic E-state index is 0.0490. The van der Waals surface area contributed by atoms with E-state index in [9.17, 15) is 19.5 Å². The Morgan fingerprint density at radius 2 is 1.94 bits per heavy atom. The van der Waals surface area contributed by atoms with E-state index in [2.05, 4.69) is 10.6 Å². The molecular formula is C25H25N3O6. The van der Waals surface area contributed by atoms with Gasteiger partial charge in [-0.15, -0.1) is 0 Å². The summed E-state index contributed by atoms with van der Waals surface area (Å²) in [6.07, 6.45) is -0.239. The maximum Gasteiger partial charge on any atom is 0.250 e. The van der Waals surface area contributed by atoms with Gasteiger partial charge >= 0.3 is 0 Å². The molecule has 0 aliphatic carbocycles. The number of imide groups is 1. The molecule has 2 fully saturated rings. The molecule has 0 saturated carbocycles. The normalized spacial score (nSPS) is 29.6. The third-order valence-corrected chi connectivity index (χ3v) is 7.54. The zero-order valence-corrected chi connectivity index (χ0v) is 18.8. The Bertz CT molecular complexity index is 1240. The number of rotatable bonds is 4. The van der Waals surface area contributed by atoms with Crippen LogP contribution < -0.4 is 20.1 Å². The van der Waals surface area contributed by atoms with Gasteiger partial charge in [0.2, 0.25) is 24.5 Å². The fourth-order valence-corrected chi connectivity index (χ4v) is 5.97. The first-order valence-corrected chi connectivity index (χ1v) is 11.5. The summed E-state index contributed by atoms with van der Waals surface area (Å²) in [5, 5.41) is 16.7. The standard InChI is InChI=1S/C25H25N3O6/c1-3-14-5-4-6-15-21(14)26-24(32)25(15)19-18(20(27-25)12(2)29)22(30)28(23(19)31)10-13-7-8-16-17(9-13)34-11-33-16/h4-9,12,18-20,27,29H,3,10-11H2,1-2H3,(H,26,32)/t12?,18-,19-,20?,25?/m0/s1. The number of hydrogen-bond donors (Lipinski definition) is 3. The van der Waals surface area contributed by atoms with Gasteiger partial charge in [0.25, 0.3) is 0 Å². The second-order valence-corrected chi connectivity index (χ2v) is 9.32. The molecule has 9 heteroatoms. The van der Waals surface area contributed by atoms with Crippen molar-refractivity contribution in [2.45, 2.75) is 44.5 Å². The minimum Gasteiger partial charge on any atom is -0.454 e. The van der Waals surface area contributed by atoms with Crippen molar-refractivity contribution in [1.82, 2.24) is 10.2 Å². The summed E-state index contributed by atoms with van der Waals surface area (Å²) in [6, 6.07) is 10.2. The van der Waals surface area contributed by atoms with Crippen LogP contribution in [0.5, 0.6) is 11.5 Å². The molecule has 0 radical (unpaired) electrons. The van der Waals surface area contributed by atoms with Gasteiger partial charge in [0.05, 0.1) is 24.5 Å². The van der Waals surface area contributed by atoms with Crippen LogP contribution in [-0.2, 0) is 32.9 Å². The molecule has 0 aromatic heterocycles. The first-order valence-electron chi connectivity index (χ1n) is 11.5. The maximum absolute atomic E-state index is 13.8. The molecule has 6 rings (SSSR count). The van der Waals surface area contributed by atoms with E-state index in [4.69, 9.17) is 9.47 Å². The van der Waals surface area contributed by atoms with E-state index in [1.54, 1.807) is 25.1 Å². The molecule has 1 spiro atoms. The van der Waals surface area contributed by atoms with Crippen LogP contribution in [0.4, 0.5) is 5.69 Å². The number of anilines is 1. The number of aliphatic hydroxyl groups is 1. The number of para-hydroxylation sites is 1. The van der Waals surface area contributed by atoms with Crippen molar-refractivity contribution in [3.05, 3.63) is 53.1 Å². The van der Waals surface area contributed by atoms with Crippen molar-refractivity contribution in [2.75, 3.05) is 12.1 Å². The predicted octanol–water partition coefficient (Wildman–Crippen LogP) is 1.28. The number of benzene rings is 2. The molecule has 4 aliphatic heterocycles. The fourth-order valence-electron chi connectivity index (χ4n) is 5.97. The molecule has 34 heavy (non-hydrogen) atoms. The molecule has 2 aromatic rings. The Balaban J connectivity index is 1.43. The first kappa shape index (κ1) is 21.1. The third kappa shape index (κ3) is 2.65. The van der Waals surface area contributed by atoms with Crippen molar-refractivity contribution >= 4 is 23.4 Å². The van der Waals surface area contributed by atoms with E-state index in [1.807, 2.05) is 25.1 Å². The molecule has 9 nitrogen and oxygen atoms in total. The molecule has 4 heterocycles. The third-order valence-electron chi connectivity index (χ3n) is 7.54. The first-order chi connectivity index (χ1) is 16.4. The number of fused-ring (bicyclic) bond motifs is 5. The van der Waals surface area contributed by atoms with Crippen LogP contribution in [-0.4, -0.2) is 46.7 Å². The van der Waals surface area contributed by atoms with Gasteiger partial charge in [-0.25, -0.2) is 0 Å². The number of aliphatic hydroxyl groups excluding tert-OH is 1. The largest absolute Gasteiger partial charge is 0.454 e. The Labute approximate surface area is 196 Å². The van der Waals surface area contributed by atoms with Gasteiger partial charge in [0.15, 0.2) is 11.5 Å². The number of carbonyl (C=O) groups is 3. The topological polar surface area (TPSA) is 117 Å².